The Morgan fingerprint density at radius 3 is 2.50 bits per heavy atom. The van der Waals surface area contributed by atoms with Gasteiger partial charge in [0.1, 0.15) is 11.5 Å². The molecule has 28 heavy (non-hydrogen) atoms. The summed E-state index contributed by atoms with van der Waals surface area (Å²) in [6, 6.07) is 6.33. The number of hydrogen-bond donors (Lipinski definition) is 1. The zero-order valence-electron chi connectivity index (χ0n) is 16.6. The lowest BCUT2D eigenvalue weighted by Crippen LogP contribution is -2.41. The number of nitrogens with one attached hydrogen (secondary N) is 1. The second-order valence-electron chi connectivity index (χ2n) is 7.98. The molecule has 2 aliphatic heterocycles. The van der Waals surface area contributed by atoms with Crippen LogP contribution in [0.25, 0.3) is 0 Å². The van der Waals surface area contributed by atoms with Crippen LogP contribution in [0.5, 0.6) is 11.5 Å². The van der Waals surface area contributed by atoms with Gasteiger partial charge in [-0.05, 0) is 56.1 Å². The number of hydrogen-bond acceptors (Lipinski definition) is 4. The van der Waals surface area contributed by atoms with Crippen LogP contribution in [0.15, 0.2) is 18.2 Å². The van der Waals surface area contributed by atoms with Crippen LogP contribution < -0.4 is 14.8 Å². The normalized spacial score (nSPS) is 24.4. The number of benzene rings is 1. The molecule has 152 valence electrons. The van der Waals surface area contributed by atoms with Crippen molar-refractivity contribution in [2.24, 2.45) is 5.92 Å². The van der Waals surface area contributed by atoms with E-state index in [-0.39, 0.29) is 17.7 Å². The minimum absolute atomic E-state index is 0.0251. The molecule has 0 bridgehead atoms. The molecule has 0 radical (unpaired) electrons. The Morgan fingerprint density at radius 1 is 1.11 bits per heavy atom. The molecular formula is C21H29N3O3S. The van der Waals surface area contributed by atoms with Gasteiger partial charge in [0.15, 0.2) is 5.11 Å². The fraction of sp³-hybridized carbons (Fsp3) is 0.619. The lowest BCUT2D eigenvalue weighted by molar-refractivity contribution is -0.134. The average Bonchev–Trinajstić information content (AvgIpc) is 3.21. The molecule has 0 unspecified atom stereocenters. The number of amides is 1. The van der Waals surface area contributed by atoms with E-state index in [1.54, 1.807) is 14.2 Å². The summed E-state index contributed by atoms with van der Waals surface area (Å²) in [6.45, 7) is 3.09. The molecule has 0 aromatic heterocycles. The van der Waals surface area contributed by atoms with Crippen molar-refractivity contribution in [3.8, 4) is 11.5 Å². The molecule has 7 heteroatoms. The molecule has 2 saturated heterocycles. The Labute approximate surface area is 172 Å². The summed E-state index contributed by atoms with van der Waals surface area (Å²) in [5.74, 6) is 1.72. The van der Waals surface area contributed by atoms with Gasteiger partial charge in [0.2, 0.25) is 5.91 Å². The highest BCUT2D eigenvalue weighted by Crippen LogP contribution is 2.40. The maximum Gasteiger partial charge on any atom is 0.228 e. The molecule has 2 atom stereocenters. The van der Waals surface area contributed by atoms with E-state index >= 15 is 0 Å². The zero-order chi connectivity index (χ0) is 19.7. The number of carbonyl (C=O) groups excluding carboxylic acids is 1. The summed E-state index contributed by atoms with van der Waals surface area (Å²) >= 11 is 5.65. The fourth-order valence-corrected chi connectivity index (χ4v) is 4.65. The summed E-state index contributed by atoms with van der Waals surface area (Å²) in [5.41, 5.74) is 1.02. The number of methoxy groups -OCH3 is 2. The molecule has 3 aliphatic rings. The van der Waals surface area contributed by atoms with Crippen LogP contribution in [-0.2, 0) is 4.79 Å². The highest BCUT2D eigenvalue weighted by atomic mass is 32.1. The second kappa shape index (κ2) is 8.15. The van der Waals surface area contributed by atoms with Crippen molar-refractivity contribution in [3.63, 3.8) is 0 Å². The van der Waals surface area contributed by atoms with Crippen LogP contribution in [0.3, 0.4) is 0 Å². The standard InChI is InChI=1S/C21H29N3O3S/c1-26-15-7-8-19(27-2)16(11-15)17-12-24(21(28)22-14-5-6-14)13-18(17)20(25)23-9-3-4-10-23/h7-8,11,14,17-18H,3-6,9-10,12-13H2,1-2H3,(H,22,28)/t17-,18+/m1/s1. The average molecular weight is 404 g/mol. The third kappa shape index (κ3) is 3.90. The van der Waals surface area contributed by atoms with Crippen molar-refractivity contribution >= 4 is 23.2 Å². The lowest BCUT2D eigenvalue weighted by atomic mass is 9.87. The van der Waals surface area contributed by atoms with E-state index in [4.69, 9.17) is 21.7 Å². The van der Waals surface area contributed by atoms with Gasteiger partial charge in [-0.15, -0.1) is 0 Å². The molecule has 2 heterocycles. The Hall–Kier alpha value is -2.02. The first-order chi connectivity index (χ1) is 13.6. The van der Waals surface area contributed by atoms with Crippen LogP contribution in [0.1, 0.15) is 37.2 Å². The first-order valence-electron chi connectivity index (χ1n) is 10.2. The topological polar surface area (TPSA) is 54.0 Å². The number of likely N-dealkylation sites (tertiary alicyclic amines) is 2. The van der Waals surface area contributed by atoms with E-state index in [0.29, 0.717) is 19.1 Å². The van der Waals surface area contributed by atoms with Crippen molar-refractivity contribution in [1.82, 2.24) is 15.1 Å². The van der Waals surface area contributed by atoms with Crippen molar-refractivity contribution in [2.75, 3.05) is 40.4 Å². The monoisotopic (exact) mass is 403 g/mol. The van der Waals surface area contributed by atoms with Gasteiger partial charge in [0, 0.05) is 43.7 Å². The van der Waals surface area contributed by atoms with Gasteiger partial charge in [0.25, 0.3) is 0 Å². The number of carbonyl (C=O) groups is 1. The summed E-state index contributed by atoms with van der Waals surface area (Å²) in [6.07, 6.45) is 4.54. The minimum Gasteiger partial charge on any atom is -0.497 e. The van der Waals surface area contributed by atoms with E-state index in [1.165, 1.54) is 12.8 Å². The van der Waals surface area contributed by atoms with Gasteiger partial charge in [-0.3, -0.25) is 4.79 Å². The Morgan fingerprint density at radius 2 is 1.86 bits per heavy atom. The molecule has 1 saturated carbocycles. The van der Waals surface area contributed by atoms with Crippen LogP contribution in [-0.4, -0.2) is 67.3 Å². The molecule has 4 rings (SSSR count). The predicted molar refractivity (Wildman–Crippen MR) is 112 cm³/mol. The minimum atomic E-state index is -0.127. The van der Waals surface area contributed by atoms with Crippen LogP contribution >= 0.6 is 12.2 Å². The molecule has 3 fully saturated rings. The maximum absolute atomic E-state index is 13.4. The highest BCUT2D eigenvalue weighted by Gasteiger charge is 2.43. The maximum atomic E-state index is 13.4. The van der Waals surface area contributed by atoms with Gasteiger partial charge in [-0.1, -0.05) is 0 Å². The number of thiocarbonyl (C=S) groups is 1. The Bertz CT molecular complexity index is 746. The molecular weight excluding hydrogens is 374 g/mol. The lowest BCUT2D eigenvalue weighted by Gasteiger charge is -2.25. The SMILES string of the molecule is COc1ccc(OC)c([C@H]2CN(C(=S)NC3CC3)C[C@@H]2C(=O)N2CCCC2)c1. The first kappa shape index (κ1) is 19.3. The van der Waals surface area contributed by atoms with Crippen molar-refractivity contribution < 1.29 is 14.3 Å². The van der Waals surface area contributed by atoms with Gasteiger partial charge in [-0.25, -0.2) is 0 Å². The molecule has 1 amide bonds. The molecule has 0 spiro atoms. The van der Waals surface area contributed by atoms with Gasteiger partial charge in [-0.2, -0.15) is 0 Å². The Kier molecular flexibility index (Phi) is 5.62. The smallest absolute Gasteiger partial charge is 0.228 e. The van der Waals surface area contributed by atoms with E-state index in [1.807, 2.05) is 23.1 Å². The second-order valence-corrected chi connectivity index (χ2v) is 8.37. The molecule has 1 aromatic carbocycles. The van der Waals surface area contributed by atoms with Crippen molar-refractivity contribution in [1.29, 1.82) is 0 Å². The van der Waals surface area contributed by atoms with Gasteiger partial charge >= 0.3 is 0 Å². The van der Waals surface area contributed by atoms with Crippen LogP contribution in [0.4, 0.5) is 0 Å². The molecule has 1 N–H and O–H groups in total. The summed E-state index contributed by atoms with van der Waals surface area (Å²) in [7, 11) is 3.34. The third-order valence-corrected chi connectivity index (χ3v) is 6.46. The number of ether oxygens (including phenoxy) is 2. The van der Waals surface area contributed by atoms with Crippen molar-refractivity contribution in [2.45, 2.75) is 37.6 Å². The molecule has 1 aliphatic carbocycles. The largest absolute Gasteiger partial charge is 0.497 e. The van der Waals surface area contributed by atoms with Gasteiger partial charge in [0.05, 0.1) is 20.1 Å². The zero-order valence-corrected chi connectivity index (χ0v) is 17.5. The summed E-state index contributed by atoms with van der Waals surface area (Å²) in [5, 5.41) is 4.19. The summed E-state index contributed by atoms with van der Waals surface area (Å²) in [4.78, 5) is 17.5. The van der Waals surface area contributed by atoms with Gasteiger partial charge < -0.3 is 24.6 Å². The number of rotatable bonds is 5. The van der Waals surface area contributed by atoms with Crippen LogP contribution in [0.2, 0.25) is 0 Å². The van der Waals surface area contributed by atoms with Crippen molar-refractivity contribution in [3.05, 3.63) is 23.8 Å². The first-order valence-corrected chi connectivity index (χ1v) is 10.6. The van der Waals surface area contributed by atoms with E-state index in [2.05, 4.69) is 10.2 Å². The number of nitrogens with zero attached hydrogens (tertiary/aromatic N) is 2. The third-order valence-electron chi connectivity index (χ3n) is 6.08. The highest BCUT2D eigenvalue weighted by molar-refractivity contribution is 7.80. The Balaban J connectivity index is 1.62. The summed E-state index contributed by atoms with van der Waals surface area (Å²) < 4.78 is 11.1. The van der Waals surface area contributed by atoms with E-state index < -0.39 is 0 Å². The quantitative estimate of drug-likeness (QED) is 0.762. The predicted octanol–water partition coefficient (Wildman–Crippen LogP) is 2.38. The fourth-order valence-electron chi connectivity index (χ4n) is 4.33. The molecule has 6 nitrogen and oxygen atoms in total. The van der Waals surface area contributed by atoms with E-state index in [9.17, 15) is 4.79 Å². The molecule has 1 aromatic rings. The van der Waals surface area contributed by atoms with Crippen LogP contribution in [0, 0.1) is 5.92 Å². The van der Waals surface area contributed by atoms with E-state index in [0.717, 1.165) is 48.1 Å².